The summed E-state index contributed by atoms with van der Waals surface area (Å²) < 4.78 is 0. The molecule has 0 amide bonds. The number of hydrogen-bond acceptors (Lipinski definition) is 1. The Morgan fingerprint density at radius 2 is 2.21 bits per heavy atom. The quantitative estimate of drug-likeness (QED) is 0.648. The highest BCUT2D eigenvalue weighted by atomic mass is 14.9. The molecule has 2 heteroatoms. The van der Waals surface area contributed by atoms with Gasteiger partial charge in [0.1, 0.15) is 0 Å². The number of aromatic nitrogens is 1. The standard InChI is InChI=1S/C12H14N2/c1-8-3-2-4-10-12(8)9-5-6-13-7-11(9)14-10/h2-4,13-14H,5-7H2,1H3. The fraction of sp³-hybridized carbons (Fsp3) is 0.333. The summed E-state index contributed by atoms with van der Waals surface area (Å²) in [5.74, 6) is 0. The largest absolute Gasteiger partial charge is 0.357 e. The predicted octanol–water partition coefficient (Wildman–Crippen LogP) is 2.12. The maximum atomic E-state index is 3.49. The molecule has 0 saturated carbocycles. The van der Waals surface area contributed by atoms with Gasteiger partial charge in [-0.2, -0.15) is 0 Å². The van der Waals surface area contributed by atoms with Gasteiger partial charge in [0.05, 0.1) is 0 Å². The number of nitrogens with one attached hydrogen (secondary N) is 2. The van der Waals surface area contributed by atoms with Crippen LogP contribution in [-0.4, -0.2) is 11.5 Å². The third-order valence-corrected chi connectivity index (χ3v) is 3.08. The van der Waals surface area contributed by atoms with Gasteiger partial charge in [-0.15, -0.1) is 0 Å². The summed E-state index contributed by atoms with van der Waals surface area (Å²) in [7, 11) is 0. The van der Waals surface area contributed by atoms with Crippen molar-refractivity contribution in [3.63, 3.8) is 0 Å². The smallest absolute Gasteiger partial charge is 0.0462 e. The van der Waals surface area contributed by atoms with Crippen LogP contribution in [0.1, 0.15) is 16.8 Å². The van der Waals surface area contributed by atoms with Gasteiger partial charge >= 0.3 is 0 Å². The molecule has 3 rings (SSSR count). The lowest BCUT2D eigenvalue weighted by atomic mass is 10.0. The zero-order valence-corrected chi connectivity index (χ0v) is 8.35. The van der Waals surface area contributed by atoms with Crippen LogP contribution in [0.3, 0.4) is 0 Å². The molecule has 2 N–H and O–H groups in total. The van der Waals surface area contributed by atoms with E-state index in [1.165, 1.54) is 27.7 Å². The van der Waals surface area contributed by atoms with Crippen molar-refractivity contribution in [2.24, 2.45) is 0 Å². The van der Waals surface area contributed by atoms with E-state index in [0.717, 1.165) is 19.5 Å². The summed E-state index contributed by atoms with van der Waals surface area (Å²) in [6.45, 7) is 4.29. The van der Waals surface area contributed by atoms with Crippen molar-refractivity contribution in [1.29, 1.82) is 0 Å². The lowest BCUT2D eigenvalue weighted by Gasteiger charge is -2.12. The number of aromatic amines is 1. The lowest BCUT2D eigenvalue weighted by Crippen LogP contribution is -2.23. The molecular formula is C12H14N2. The fourth-order valence-corrected chi connectivity index (χ4v) is 2.41. The highest BCUT2D eigenvalue weighted by Gasteiger charge is 2.15. The Bertz CT molecular complexity index is 482. The molecule has 0 bridgehead atoms. The number of aryl methyl sites for hydroxylation is 1. The SMILES string of the molecule is Cc1cccc2[nH]c3c(c12)CCNC3. The molecule has 1 aliphatic heterocycles. The Labute approximate surface area is 83.3 Å². The summed E-state index contributed by atoms with van der Waals surface area (Å²) in [4.78, 5) is 3.49. The molecule has 2 nitrogen and oxygen atoms in total. The van der Waals surface area contributed by atoms with Crippen LogP contribution in [0.25, 0.3) is 10.9 Å². The third-order valence-electron chi connectivity index (χ3n) is 3.08. The van der Waals surface area contributed by atoms with Gasteiger partial charge in [-0.05, 0) is 37.1 Å². The van der Waals surface area contributed by atoms with Crippen molar-refractivity contribution in [2.45, 2.75) is 19.9 Å². The van der Waals surface area contributed by atoms with Gasteiger partial charge in [-0.25, -0.2) is 0 Å². The van der Waals surface area contributed by atoms with Crippen LogP contribution in [0.2, 0.25) is 0 Å². The van der Waals surface area contributed by atoms with E-state index in [-0.39, 0.29) is 0 Å². The van der Waals surface area contributed by atoms with Gasteiger partial charge in [0.25, 0.3) is 0 Å². The molecule has 0 unspecified atom stereocenters. The average molecular weight is 186 g/mol. The van der Waals surface area contributed by atoms with E-state index in [1.807, 2.05) is 0 Å². The second-order valence-electron chi connectivity index (χ2n) is 4.01. The molecule has 1 aromatic heterocycles. The summed E-state index contributed by atoms with van der Waals surface area (Å²) in [6.07, 6.45) is 1.15. The first-order valence-corrected chi connectivity index (χ1v) is 5.16. The van der Waals surface area contributed by atoms with E-state index in [1.54, 1.807) is 0 Å². The molecule has 72 valence electrons. The van der Waals surface area contributed by atoms with E-state index in [2.05, 4.69) is 35.4 Å². The predicted molar refractivity (Wildman–Crippen MR) is 58.4 cm³/mol. The molecule has 0 radical (unpaired) electrons. The Morgan fingerprint density at radius 3 is 3.14 bits per heavy atom. The van der Waals surface area contributed by atoms with Crippen LogP contribution in [0.5, 0.6) is 0 Å². The Morgan fingerprint density at radius 1 is 1.29 bits per heavy atom. The van der Waals surface area contributed by atoms with Crippen molar-refractivity contribution < 1.29 is 0 Å². The zero-order valence-electron chi connectivity index (χ0n) is 8.35. The van der Waals surface area contributed by atoms with Crippen LogP contribution < -0.4 is 5.32 Å². The fourth-order valence-electron chi connectivity index (χ4n) is 2.41. The van der Waals surface area contributed by atoms with Gasteiger partial charge < -0.3 is 10.3 Å². The van der Waals surface area contributed by atoms with Gasteiger partial charge in [0.2, 0.25) is 0 Å². The number of rotatable bonds is 0. The van der Waals surface area contributed by atoms with Crippen LogP contribution >= 0.6 is 0 Å². The van der Waals surface area contributed by atoms with Crippen molar-refractivity contribution in [1.82, 2.24) is 10.3 Å². The van der Waals surface area contributed by atoms with Gasteiger partial charge in [0, 0.05) is 23.1 Å². The van der Waals surface area contributed by atoms with E-state index >= 15 is 0 Å². The number of hydrogen-bond donors (Lipinski definition) is 2. The zero-order chi connectivity index (χ0) is 9.54. The molecular weight excluding hydrogens is 172 g/mol. The molecule has 0 aliphatic carbocycles. The first kappa shape index (κ1) is 8.06. The first-order valence-electron chi connectivity index (χ1n) is 5.16. The summed E-state index contributed by atoms with van der Waals surface area (Å²) in [6, 6.07) is 6.48. The minimum Gasteiger partial charge on any atom is -0.357 e. The Kier molecular flexibility index (Phi) is 1.64. The number of H-pyrrole nitrogens is 1. The summed E-state index contributed by atoms with van der Waals surface area (Å²) in [5.41, 5.74) is 5.58. The number of fused-ring (bicyclic) bond motifs is 3. The molecule has 1 aliphatic rings. The van der Waals surface area contributed by atoms with Crippen molar-refractivity contribution in [3.05, 3.63) is 35.0 Å². The molecule has 2 heterocycles. The monoisotopic (exact) mass is 186 g/mol. The van der Waals surface area contributed by atoms with Gasteiger partial charge in [-0.1, -0.05) is 12.1 Å². The molecule has 0 spiro atoms. The van der Waals surface area contributed by atoms with Crippen LogP contribution in [0.15, 0.2) is 18.2 Å². The highest BCUT2D eigenvalue weighted by molar-refractivity contribution is 5.88. The minimum absolute atomic E-state index is 0.990. The second kappa shape index (κ2) is 2.85. The molecule has 0 atom stereocenters. The van der Waals surface area contributed by atoms with Crippen LogP contribution in [0.4, 0.5) is 0 Å². The van der Waals surface area contributed by atoms with Crippen LogP contribution in [-0.2, 0) is 13.0 Å². The topological polar surface area (TPSA) is 27.8 Å². The Hall–Kier alpha value is -1.28. The lowest BCUT2D eigenvalue weighted by molar-refractivity contribution is 0.637. The minimum atomic E-state index is 0.990. The van der Waals surface area contributed by atoms with E-state index < -0.39 is 0 Å². The third kappa shape index (κ3) is 1.01. The second-order valence-corrected chi connectivity index (χ2v) is 4.01. The maximum absolute atomic E-state index is 3.49. The molecule has 14 heavy (non-hydrogen) atoms. The van der Waals surface area contributed by atoms with Crippen molar-refractivity contribution in [2.75, 3.05) is 6.54 Å². The van der Waals surface area contributed by atoms with E-state index in [9.17, 15) is 0 Å². The Balaban J connectivity index is 2.38. The summed E-state index contributed by atoms with van der Waals surface area (Å²) >= 11 is 0. The van der Waals surface area contributed by atoms with Gasteiger partial charge in [-0.3, -0.25) is 0 Å². The normalized spacial score (nSPS) is 15.8. The molecule has 0 saturated heterocycles. The number of benzene rings is 1. The van der Waals surface area contributed by atoms with Crippen molar-refractivity contribution >= 4 is 10.9 Å². The first-order chi connectivity index (χ1) is 6.86. The molecule has 2 aromatic rings. The molecule has 1 aromatic carbocycles. The van der Waals surface area contributed by atoms with Gasteiger partial charge in [0.15, 0.2) is 0 Å². The maximum Gasteiger partial charge on any atom is 0.0462 e. The highest BCUT2D eigenvalue weighted by Crippen LogP contribution is 2.27. The van der Waals surface area contributed by atoms with Crippen molar-refractivity contribution in [3.8, 4) is 0 Å². The van der Waals surface area contributed by atoms with Crippen LogP contribution in [0, 0.1) is 6.92 Å². The van der Waals surface area contributed by atoms with E-state index in [4.69, 9.17) is 0 Å². The summed E-state index contributed by atoms with van der Waals surface area (Å²) in [5, 5.41) is 4.84. The molecule has 0 fully saturated rings. The van der Waals surface area contributed by atoms with E-state index in [0.29, 0.717) is 0 Å². The average Bonchev–Trinajstić information content (AvgIpc) is 2.57.